The van der Waals surface area contributed by atoms with Crippen molar-refractivity contribution in [2.24, 2.45) is 0 Å². The van der Waals surface area contributed by atoms with Crippen LogP contribution in [-0.4, -0.2) is 41.1 Å². The van der Waals surface area contributed by atoms with E-state index >= 15 is 0 Å². The lowest BCUT2D eigenvalue weighted by atomic mass is 10.1. The molecule has 0 saturated carbocycles. The average molecular weight is 397 g/mol. The van der Waals surface area contributed by atoms with Crippen molar-refractivity contribution in [1.29, 1.82) is 0 Å². The first-order valence-electron chi connectivity index (χ1n) is 8.93. The van der Waals surface area contributed by atoms with Gasteiger partial charge in [0.15, 0.2) is 4.77 Å². The van der Waals surface area contributed by atoms with E-state index in [0.717, 1.165) is 28.3 Å². The molecular formula is C21H24N4O2S. The lowest BCUT2D eigenvalue weighted by molar-refractivity contribution is 0.0963. The van der Waals surface area contributed by atoms with Gasteiger partial charge in [-0.1, -0.05) is 12.1 Å². The number of carbonyl (C=O) groups is 1. The molecule has 0 unspecified atom stereocenters. The van der Waals surface area contributed by atoms with Crippen LogP contribution in [0.4, 0.5) is 0 Å². The largest absolute Gasteiger partial charge is 0.497 e. The van der Waals surface area contributed by atoms with Gasteiger partial charge in [0, 0.05) is 37.2 Å². The van der Waals surface area contributed by atoms with Crippen molar-refractivity contribution in [3.63, 3.8) is 0 Å². The van der Waals surface area contributed by atoms with Crippen LogP contribution in [0.1, 0.15) is 15.9 Å². The molecule has 0 aliphatic rings. The monoisotopic (exact) mass is 396 g/mol. The number of amides is 1. The van der Waals surface area contributed by atoms with Crippen molar-refractivity contribution < 1.29 is 9.53 Å². The Morgan fingerprint density at radius 1 is 1.11 bits per heavy atom. The van der Waals surface area contributed by atoms with Crippen LogP contribution < -0.4 is 10.1 Å². The molecule has 1 heterocycles. The van der Waals surface area contributed by atoms with E-state index in [1.165, 1.54) is 0 Å². The van der Waals surface area contributed by atoms with Gasteiger partial charge in [-0.3, -0.25) is 14.3 Å². The maximum Gasteiger partial charge on any atom is 0.251 e. The minimum absolute atomic E-state index is 0.0777. The number of nitrogens with zero attached hydrogens (tertiary/aromatic N) is 3. The molecular weight excluding hydrogens is 372 g/mol. The minimum Gasteiger partial charge on any atom is -0.497 e. The Morgan fingerprint density at radius 2 is 1.79 bits per heavy atom. The highest BCUT2D eigenvalue weighted by Gasteiger charge is 2.07. The molecule has 0 aliphatic carbocycles. The summed E-state index contributed by atoms with van der Waals surface area (Å²) in [5.41, 5.74) is 2.79. The first-order chi connectivity index (χ1) is 13.5. The molecule has 0 spiro atoms. The van der Waals surface area contributed by atoms with E-state index in [9.17, 15) is 4.79 Å². The maximum absolute atomic E-state index is 11.6. The number of methoxy groups -OCH3 is 1. The molecule has 3 aromatic rings. The molecule has 0 aliphatic heterocycles. The number of carbonyl (C=O) groups excluding carboxylic acids is 1. The van der Waals surface area contributed by atoms with Crippen LogP contribution in [0.15, 0.2) is 60.9 Å². The van der Waals surface area contributed by atoms with Crippen molar-refractivity contribution in [2.75, 3.05) is 21.2 Å². The maximum atomic E-state index is 11.6. The van der Waals surface area contributed by atoms with Gasteiger partial charge < -0.3 is 14.6 Å². The highest BCUT2D eigenvalue weighted by Crippen LogP contribution is 2.16. The van der Waals surface area contributed by atoms with Crippen molar-refractivity contribution in [3.05, 3.63) is 76.8 Å². The summed E-state index contributed by atoms with van der Waals surface area (Å²) in [7, 11) is 5.32. The summed E-state index contributed by atoms with van der Waals surface area (Å²) < 4.78 is 9.94. The zero-order chi connectivity index (χ0) is 20.1. The van der Waals surface area contributed by atoms with Gasteiger partial charge in [0.2, 0.25) is 0 Å². The lowest BCUT2D eigenvalue weighted by Crippen LogP contribution is -2.22. The van der Waals surface area contributed by atoms with Crippen LogP contribution >= 0.6 is 12.2 Å². The van der Waals surface area contributed by atoms with E-state index in [-0.39, 0.29) is 5.91 Å². The molecule has 2 aromatic carbocycles. The molecule has 28 heavy (non-hydrogen) atoms. The fourth-order valence-electron chi connectivity index (χ4n) is 2.99. The highest BCUT2D eigenvalue weighted by molar-refractivity contribution is 7.71. The lowest BCUT2D eigenvalue weighted by Gasteiger charge is -2.17. The second-order valence-corrected chi connectivity index (χ2v) is 6.92. The van der Waals surface area contributed by atoms with Gasteiger partial charge in [0.1, 0.15) is 5.75 Å². The minimum atomic E-state index is -0.0777. The van der Waals surface area contributed by atoms with Gasteiger partial charge in [-0.2, -0.15) is 0 Å². The fraction of sp³-hybridized carbons (Fsp3) is 0.238. The van der Waals surface area contributed by atoms with Gasteiger partial charge >= 0.3 is 0 Å². The molecule has 0 bridgehead atoms. The number of nitrogens with one attached hydrogen (secondary N) is 1. The second kappa shape index (κ2) is 8.86. The summed E-state index contributed by atoms with van der Waals surface area (Å²) in [6.45, 7) is 1.42. The molecule has 0 atom stereocenters. The van der Waals surface area contributed by atoms with Crippen molar-refractivity contribution >= 4 is 18.1 Å². The Bertz CT molecular complexity index is 990. The third-order valence-electron chi connectivity index (χ3n) is 4.49. The van der Waals surface area contributed by atoms with E-state index in [0.29, 0.717) is 12.2 Å². The molecule has 6 nitrogen and oxygen atoms in total. The van der Waals surface area contributed by atoms with Gasteiger partial charge in [-0.05, 0) is 61.2 Å². The second-order valence-electron chi connectivity index (χ2n) is 6.55. The third-order valence-corrected chi connectivity index (χ3v) is 4.92. The first-order valence-corrected chi connectivity index (χ1v) is 9.34. The Balaban J connectivity index is 1.67. The van der Waals surface area contributed by atoms with Crippen molar-refractivity contribution in [1.82, 2.24) is 19.4 Å². The average Bonchev–Trinajstić information content (AvgIpc) is 3.08. The van der Waals surface area contributed by atoms with E-state index in [1.807, 2.05) is 77.1 Å². The summed E-state index contributed by atoms with van der Waals surface area (Å²) >= 11 is 5.63. The van der Waals surface area contributed by atoms with Crippen LogP contribution in [0.2, 0.25) is 0 Å². The van der Waals surface area contributed by atoms with Gasteiger partial charge in [-0.25, -0.2) is 0 Å². The SMILES string of the molecule is CNC(=O)c1ccc(CN(C)Cn2ccn(-c3ccc(OC)cc3)c2=S)cc1. The number of ether oxygens (including phenoxy) is 1. The van der Waals surface area contributed by atoms with Crippen LogP contribution in [0.25, 0.3) is 5.69 Å². The molecule has 146 valence electrons. The number of rotatable bonds is 7. The third kappa shape index (κ3) is 4.49. The predicted octanol–water partition coefficient (Wildman–Crippen LogP) is 3.47. The van der Waals surface area contributed by atoms with E-state index in [2.05, 4.69) is 10.2 Å². The molecule has 1 N–H and O–H groups in total. The molecule has 1 aromatic heterocycles. The Hall–Kier alpha value is -2.90. The molecule has 7 heteroatoms. The number of aromatic nitrogens is 2. The normalized spacial score (nSPS) is 10.9. The molecule has 1 amide bonds. The van der Waals surface area contributed by atoms with Crippen molar-refractivity contribution in [2.45, 2.75) is 13.2 Å². The van der Waals surface area contributed by atoms with Crippen molar-refractivity contribution in [3.8, 4) is 11.4 Å². The number of hydrogen-bond acceptors (Lipinski definition) is 4. The summed E-state index contributed by atoms with van der Waals surface area (Å²) in [4.78, 5) is 13.8. The summed E-state index contributed by atoms with van der Waals surface area (Å²) in [6, 6.07) is 15.4. The standard InChI is InChI=1S/C21H24N4O2S/c1-22-20(26)17-6-4-16(5-7-17)14-23(2)15-24-12-13-25(21(24)28)18-8-10-19(27-3)11-9-18/h4-13H,14-15H2,1-3H3,(H,22,26). The molecule has 0 saturated heterocycles. The fourth-order valence-corrected chi connectivity index (χ4v) is 3.27. The summed E-state index contributed by atoms with van der Waals surface area (Å²) in [6.07, 6.45) is 3.95. The van der Waals surface area contributed by atoms with E-state index in [4.69, 9.17) is 17.0 Å². The number of hydrogen-bond donors (Lipinski definition) is 1. The zero-order valence-electron chi connectivity index (χ0n) is 16.3. The van der Waals surface area contributed by atoms with E-state index in [1.54, 1.807) is 14.2 Å². The Kier molecular flexibility index (Phi) is 6.28. The zero-order valence-corrected chi connectivity index (χ0v) is 17.1. The summed E-state index contributed by atoms with van der Waals surface area (Å²) in [5, 5.41) is 2.63. The number of benzene rings is 2. The highest BCUT2D eigenvalue weighted by atomic mass is 32.1. The number of imidazole rings is 1. The molecule has 3 rings (SSSR count). The van der Waals surface area contributed by atoms with Crippen LogP contribution in [0.3, 0.4) is 0 Å². The topological polar surface area (TPSA) is 51.4 Å². The van der Waals surface area contributed by atoms with Gasteiger partial charge in [0.25, 0.3) is 5.91 Å². The van der Waals surface area contributed by atoms with Crippen LogP contribution in [-0.2, 0) is 13.2 Å². The molecule has 0 radical (unpaired) electrons. The predicted molar refractivity (Wildman–Crippen MR) is 112 cm³/mol. The van der Waals surface area contributed by atoms with E-state index < -0.39 is 0 Å². The van der Waals surface area contributed by atoms with Gasteiger partial charge in [0.05, 0.1) is 13.8 Å². The molecule has 0 fully saturated rings. The summed E-state index contributed by atoms with van der Waals surface area (Å²) in [5.74, 6) is 0.739. The van der Waals surface area contributed by atoms with Crippen LogP contribution in [0.5, 0.6) is 5.75 Å². The first kappa shape index (κ1) is 19.9. The Morgan fingerprint density at radius 3 is 2.39 bits per heavy atom. The Labute approximate surface area is 170 Å². The quantitative estimate of drug-likeness (QED) is 0.622. The van der Waals surface area contributed by atoms with Crippen LogP contribution in [0, 0.1) is 4.77 Å². The smallest absolute Gasteiger partial charge is 0.251 e. The van der Waals surface area contributed by atoms with Gasteiger partial charge in [-0.15, -0.1) is 0 Å².